The maximum atomic E-state index is 12.9. The maximum Gasteiger partial charge on any atom is 0.326 e. The summed E-state index contributed by atoms with van der Waals surface area (Å²) >= 11 is 0. The summed E-state index contributed by atoms with van der Waals surface area (Å²) < 4.78 is 28.8. The van der Waals surface area contributed by atoms with E-state index in [1.54, 1.807) is 11.4 Å². The first-order valence-corrected chi connectivity index (χ1v) is 11.8. The van der Waals surface area contributed by atoms with Crippen LogP contribution in [0.15, 0.2) is 54.6 Å². The quantitative estimate of drug-likeness (QED) is 0.764. The van der Waals surface area contributed by atoms with Gasteiger partial charge in [0, 0.05) is 32.7 Å². The van der Waals surface area contributed by atoms with Gasteiger partial charge in [-0.25, -0.2) is 4.31 Å². The summed E-state index contributed by atoms with van der Waals surface area (Å²) in [5, 5.41) is 2.98. The molecule has 30 heavy (non-hydrogen) atoms. The Balaban J connectivity index is 1.28. The van der Waals surface area contributed by atoms with Crippen molar-refractivity contribution in [1.29, 1.82) is 0 Å². The first-order chi connectivity index (χ1) is 14.5. The molecule has 0 unspecified atom stereocenters. The number of rotatable bonds is 6. The number of carbonyl (C=O) groups excluding carboxylic acids is 1. The molecule has 2 aromatic carbocycles. The number of nitrogens with zero attached hydrogens (tertiary/aromatic N) is 3. The SMILES string of the molecule is CN1c2ccccc2N(C2CCN(CC(=O)NCCc3ccccc3)CC2)S1(=O)=O. The Labute approximate surface area is 178 Å². The Hall–Kier alpha value is -2.58. The number of benzene rings is 2. The van der Waals surface area contributed by atoms with Gasteiger partial charge >= 0.3 is 10.2 Å². The minimum absolute atomic E-state index is 0.0169. The van der Waals surface area contributed by atoms with Gasteiger partial charge in [-0.1, -0.05) is 42.5 Å². The van der Waals surface area contributed by atoms with Gasteiger partial charge in [0.25, 0.3) is 0 Å². The van der Waals surface area contributed by atoms with Crippen LogP contribution in [-0.2, 0) is 21.4 Å². The third kappa shape index (κ3) is 4.15. The topological polar surface area (TPSA) is 73.0 Å². The molecule has 2 aliphatic heterocycles. The van der Waals surface area contributed by atoms with Crippen molar-refractivity contribution in [3.05, 3.63) is 60.2 Å². The summed E-state index contributed by atoms with van der Waals surface area (Å²) in [5.74, 6) is 0.0169. The molecule has 0 bridgehead atoms. The Kier molecular flexibility index (Phi) is 5.97. The predicted molar refractivity (Wildman–Crippen MR) is 119 cm³/mol. The van der Waals surface area contributed by atoms with Crippen molar-refractivity contribution < 1.29 is 13.2 Å². The van der Waals surface area contributed by atoms with Crippen LogP contribution in [0, 0.1) is 0 Å². The van der Waals surface area contributed by atoms with E-state index in [0.717, 1.165) is 17.8 Å². The number of hydrogen-bond donors (Lipinski definition) is 1. The van der Waals surface area contributed by atoms with Crippen molar-refractivity contribution in [2.24, 2.45) is 0 Å². The zero-order chi connectivity index (χ0) is 21.1. The van der Waals surface area contributed by atoms with Crippen LogP contribution < -0.4 is 13.9 Å². The minimum atomic E-state index is -3.53. The fraction of sp³-hybridized carbons (Fsp3) is 0.409. The van der Waals surface area contributed by atoms with Crippen molar-refractivity contribution in [1.82, 2.24) is 10.2 Å². The zero-order valence-corrected chi connectivity index (χ0v) is 18.0. The molecule has 0 aliphatic carbocycles. The summed E-state index contributed by atoms with van der Waals surface area (Å²) in [6.45, 7) is 2.38. The average Bonchev–Trinajstić information content (AvgIpc) is 2.95. The molecular formula is C22H28N4O3S. The number of amides is 1. The number of fused-ring (bicyclic) bond motifs is 1. The molecule has 1 N–H and O–H groups in total. The van der Waals surface area contributed by atoms with Crippen molar-refractivity contribution in [2.45, 2.75) is 25.3 Å². The van der Waals surface area contributed by atoms with E-state index in [9.17, 15) is 13.2 Å². The van der Waals surface area contributed by atoms with Gasteiger partial charge in [0.15, 0.2) is 0 Å². The summed E-state index contributed by atoms with van der Waals surface area (Å²) in [6, 6.07) is 17.4. The van der Waals surface area contributed by atoms with Crippen LogP contribution in [0.3, 0.4) is 0 Å². The second-order valence-electron chi connectivity index (χ2n) is 7.85. The van der Waals surface area contributed by atoms with Crippen molar-refractivity contribution >= 4 is 27.5 Å². The van der Waals surface area contributed by atoms with E-state index in [1.807, 2.05) is 42.5 Å². The number of likely N-dealkylation sites (tertiary alicyclic amines) is 1. The summed E-state index contributed by atoms with van der Waals surface area (Å²) in [7, 11) is -1.93. The van der Waals surface area contributed by atoms with Crippen LogP contribution in [0.5, 0.6) is 0 Å². The van der Waals surface area contributed by atoms with E-state index in [0.29, 0.717) is 39.0 Å². The second kappa shape index (κ2) is 8.65. The van der Waals surface area contributed by atoms with E-state index >= 15 is 0 Å². The van der Waals surface area contributed by atoms with Crippen LogP contribution in [0.4, 0.5) is 11.4 Å². The molecule has 1 saturated heterocycles. The monoisotopic (exact) mass is 428 g/mol. The van der Waals surface area contributed by atoms with Crippen molar-refractivity contribution in [2.75, 3.05) is 41.8 Å². The minimum Gasteiger partial charge on any atom is -0.355 e. The molecule has 2 aliphatic rings. The molecule has 1 amide bonds. The van der Waals surface area contributed by atoms with Crippen molar-refractivity contribution in [3.63, 3.8) is 0 Å². The first kappa shape index (κ1) is 20.7. The van der Waals surface area contributed by atoms with Crippen LogP contribution in [0.1, 0.15) is 18.4 Å². The molecule has 160 valence electrons. The number of para-hydroxylation sites is 2. The molecule has 0 spiro atoms. The van der Waals surface area contributed by atoms with Gasteiger partial charge in [-0.2, -0.15) is 8.42 Å². The average molecular weight is 429 g/mol. The molecule has 4 rings (SSSR count). The fourth-order valence-corrected chi connectivity index (χ4v) is 5.90. The fourth-order valence-electron chi connectivity index (χ4n) is 4.24. The summed E-state index contributed by atoms with van der Waals surface area (Å²) in [6.07, 6.45) is 2.23. The Morgan fingerprint density at radius 1 is 1.00 bits per heavy atom. The van der Waals surface area contributed by atoms with E-state index in [2.05, 4.69) is 22.3 Å². The van der Waals surface area contributed by atoms with E-state index < -0.39 is 10.2 Å². The summed E-state index contributed by atoms with van der Waals surface area (Å²) in [4.78, 5) is 14.4. The second-order valence-corrected chi connectivity index (χ2v) is 9.69. The normalized spacial score (nSPS) is 19.0. The third-order valence-electron chi connectivity index (χ3n) is 5.89. The third-order valence-corrected chi connectivity index (χ3v) is 7.77. The van der Waals surface area contributed by atoms with Crippen LogP contribution in [-0.4, -0.2) is 58.5 Å². The molecule has 1 fully saturated rings. The Morgan fingerprint density at radius 3 is 2.33 bits per heavy atom. The highest BCUT2D eigenvalue weighted by molar-refractivity contribution is 7.94. The number of anilines is 2. The molecule has 0 saturated carbocycles. The van der Waals surface area contributed by atoms with E-state index in [1.165, 1.54) is 9.87 Å². The highest BCUT2D eigenvalue weighted by Crippen LogP contribution is 2.42. The van der Waals surface area contributed by atoms with Gasteiger partial charge < -0.3 is 5.32 Å². The Morgan fingerprint density at radius 2 is 1.63 bits per heavy atom. The number of carbonyl (C=O) groups is 1. The molecule has 0 aromatic heterocycles. The number of piperidine rings is 1. The zero-order valence-electron chi connectivity index (χ0n) is 17.2. The van der Waals surface area contributed by atoms with E-state index in [4.69, 9.17) is 0 Å². The predicted octanol–water partition coefficient (Wildman–Crippen LogP) is 2.01. The molecule has 8 heteroatoms. The van der Waals surface area contributed by atoms with E-state index in [-0.39, 0.29) is 11.9 Å². The lowest BCUT2D eigenvalue weighted by Gasteiger charge is -2.36. The largest absolute Gasteiger partial charge is 0.355 e. The lowest BCUT2D eigenvalue weighted by molar-refractivity contribution is -0.122. The van der Waals surface area contributed by atoms with Crippen molar-refractivity contribution in [3.8, 4) is 0 Å². The van der Waals surface area contributed by atoms with Gasteiger partial charge in [0.1, 0.15) is 0 Å². The van der Waals surface area contributed by atoms with Gasteiger partial charge in [0.2, 0.25) is 5.91 Å². The van der Waals surface area contributed by atoms with Crippen LogP contribution in [0.2, 0.25) is 0 Å². The van der Waals surface area contributed by atoms with Gasteiger partial charge in [-0.05, 0) is 37.0 Å². The Bertz CT molecular complexity index is 988. The number of hydrogen-bond acceptors (Lipinski definition) is 4. The lowest BCUT2D eigenvalue weighted by Crippen LogP contribution is -2.50. The highest BCUT2D eigenvalue weighted by Gasteiger charge is 2.42. The van der Waals surface area contributed by atoms with Crippen LogP contribution in [0.25, 0.3) is 0 Å². The summed E-state index contributed by atoms with van der Waals surface area (Å²) in [5.41, 5.74) is 2.67. The first-order valence-electron chi connectivity index (χ1n) is 10.4. The molecule has 2 heterocycles. The van der Waals surface area contributed by atoms with Gasteiger partial charge in [-0.15, -0.1) is 0 Å². The maximum absolute atomic E-state index is 12.9. The van der Waals surface area contributed by atoms with Gasteiger partial charge in [-0.3, -0.25) is 14.0 Å². The molecule has 7 nitrogen and oxygen atoms in total. The van der Waals surface area contributed by atoms with Gasteiger partial charge in [0.05, 0.1) is 17.9 Å². The smallest absolute Gasteiger partial charge is 0.326 e. The number of nitrogens with one attached hydrogen (secondary N) is 1. The molecular weight excluding hydrogens is 400 g/mol. The van der Waals surface area contributed by atoms with Crippen LogP contribution >= 0.6 is 0 Å². The molecule has 2 aromatic rings. The molecule has 0 atom stereocenters. The molecule has 0 radical (unpaired) electrons. The lowest BCUT2D eigenvalue weighted by atomic mass is 10.0. The highest BCUT2D eigenvalue weighted by atomic mass is 32.2. The standard InChI is InChI=1S/C22H28N4O3S/c1-24-20-9-5-6-10-21(20)26(30(24,28)29)19-12-15-25(16-13-19)17-22(27)23-14-11-18-7-3-2-4-8-18/h2-10,19H,11-17H2,1H3,(H,23,27).